The van der Waals surface area contributed by atoms with Crippen molar-refractivity contribution in [3.05, 3.63) is 0 Å². The van der Waals surface area contributed by atoms with Crippen LogP contribution in [0.15, 0.2) is 0 Å². The van der Waals surface area contributed by atoms with Crippen LogP contribution < -0.4 is 0 Å². The molecule has 0 radical (unpaired) electrons. The van der Waals surface area contributed by atoms with Crippen LogP contribution in [0.5, 0.6) is 0 Å². The maximum absolute atomic E-state index is 8.34. The van der Waals surface area contributed by atoms with Crippen LogP contribution in [0, 0.1) is 0 Å². The molecule has 0 bridgehead atoms. The molecule has 0 saturated carbocycles. The summed E-state index contributed by atoms with van der Waals surface area (Å²) < 4.78 is 0. The van der Waals surface area contributed by atoms with Gasteiger partial charge in [-0.05, 0) is 0 Å². The van der Waals surface area contributed by atoms with Gasteiger partial charge in [-0.3, -0.25) is 0 Å². The molecule has 0 fully saturated rings. The predicted octanol–water partition coefficient (Wildman–Crippen LogP) is -0.733. The van der Waals surface area contributed by atoms with Crippen molar-refractivity contribution in [1.82, 2.24) is 0 Å². The van der Waals surface area contributed by atoms with Crippen molar-refractivity contribution >= 4 is 12.6 Å². The Labute approximate surface area is 68.8 Å². The van der Waals surface area contributed by atoms with Crippen LogP contribution in [-0.2, 0) is 27.7 Å². The summed E-state index contributed by atoms with van der Waals surface area (Å²) >= 11 is 3.69. The second-order valence-electron chi connectivity index (χ2n) is 1.02. The summed E-state index contributed by atoms with van der Waals surface area (Å²) in [6, 6.07) is 0. The van der Waals surface area contributed by atoms with Gasteiger partial charge < -0.3 is 10.2 Å². The molecule has 0 spiro atoms. The van der Waals surface area contributed by atoms with Gasteiger partial charge in [-0.15, -0.1) is 0 Å². The largest absolute Gasteiger partial charge is 0.394 e. The molecule has 0 aliphatic rings. The van der Waals surface area contributed by atoms with E-state index in [0.717, 1.165) is 0 Å². The van der Waals surface area contributed by atoms with Gasteiger partial charge in [-0.2, -0.15) is 12.6 Å². The van der Waals surface area contributed by atoms with Crippen LogP contribution >= 0.6 is 12.6 Å². The Morgan fingerprint density at radius 3 is 2.00 bits per heavy atom. The molecule has 40 valence electrons. The number of thiol groups is 1. The summed E-state index contributed by atoms with van der Waals surface area (Å²) in [6.45, 7) is -0.191. The standard InChI is InChI=1S/C3H8O2S.Hg/c4-1-3(5)2-6;/h3-6H,1-2H2;. The maximum Gasteiger partial charge on any atom is 0.0858 e. The Kier molecular flexibility index (Phi) is 11.4. The molecule has 0 amide bonds. The van der Waals surface area contributed by atoms with Crippen molar-refractivity contribution < 1.29 is 37.9 Å². The van der Waals surface area contributed by atoms with E-state index in [9.17, 15) is 0 Å². The van der Waals surface area contributed by atoms with Gasteiger partial charge in [0.15, 0.2) is 0 Å². The first-order valence-electron chi connectivity index (χ1n) is 1.71. The fraction of sp³-hybridized carbons (Fsp3) is 1.00. The summed E-state index contributed by atoms with van der Waals surface area (Å²) in [5.41, 5.74) is 0. The third-order valence-electron chi connectivity index (χ3n) is 0.421. The average Bonchev–Trinajstić information content (AvgIpc) is 1.65. The normalized spacial score (nSPS) is 12.4. The van der Waals surface area contributed by atoms with Gasteiger partial charge in [0, 0.05) is 33.4 Å². The summed E-state index contributed by atoms with van der Waals surface area (Å²) in [7, 11) is 0. The molecule has 0 aliphatic heterocycles. The van der Waals surface area contributed by atoms with Gasteiger partial charge in [0.2, 0.25) is 0 Å². The molecule has 0 aliphatic carbocycles. The molecule has 0 heterocycles. The van der Waals surface area contributed by atoms with Gasteiger partial charge >= 0.3 is 0 Å². The minimum absolute atomic E-state index is 0. The van der Waals surface area contributed by atoms with E-state index in [0.29, 0.717) is 5.75 Å². The molecule has 2 N–H and O–H groups in total. The van der Waals surface area contributed by atoms with E-state index in [1.807, 2.05) is 0 Å². The molecule has 0 aromatic carbocycles. The minimum Gasteiger partial charge on any atom is -0.394 e. The molecular weight excluding hydrogens is 301 g/mol. The van der Waals surface area contributed by atoms with E-state index in [1.165, 1.54) is 0 Å². The molecule has 0 aromatic heterocycles. The Balaban J connectivity index is 0. The summed E-state index contributed by atoms with van der Waals surface area (Å²) in [5, 5.41) is 16.4. The van der Waals surface area contributed by atoms with Gasteiger partial charge in [0.1, 0.15) is 0 Å². The predicted molar refractivity (Wildman–Crippen MR) is 26.9 cm³/mol. The van der Waals surface area contributed by atoms with Crippen molar-refractivity contribution in [2.45, 2.75) is 6.10 Å². The SMILES string of the molecule is OCC(O)CS.[Hg]. The van der Waals surface area contributed by atoms with E-state index in [4.69, 9.17) is 10.2 Å². The molecule has 0 aromatic rings. The summed E-state index contributed by atoms with van der Waals surface area (Å²) in [6.07, 6.45) is -0.645. The van der Waals surface area contributed by atoms with Crippen LogP contribution in [0.4, 0.5) is 0 Å². The van der Waals surface area contributed by atoms with Crippen LogP contribution in [0.25, 0.3) is 0 Å². The van der Waals surface area contributed by atoms with E-state index >= 15 is 0 Å². The van der Waals surface area contributed by atoms with Crippen molar-refractivity contribution in [3.8, 4) is 0 Å². The fourth-order valence-electron chi connectivity index (χ4n) is 0.0577. The maximum atomic E-state index is 8.34. The zero-order valence-electron chi connectivity index (χ0n) is 4.04. The first kappa shape index (κ1) is 11.1. The molecule has 4 heteroatoms. The van der Waals surface area contributed by atoms with Crippen LogP contribution in [0.1, 0.15) is 0 Å². The topological polar surface area (TPSA) is 40.5 Å². The summed E-state index contributed by atoms with van der Waals surface area (Å²) in [5.74, 6) is 0.330. The number of hydrogen-bond donors (Lipinski definition) is 3. The zero-order valence-corrected chi connectivity index (χ0v) is 10.4. The molecule has 0 saturated heterocycles. The van der Waals surface area contributed by atoms with Crippen molar-refractivity contribution in [2.75, 3.05) is 12.4 Å². The van der Waals surface area contributed by atoms with Crippen LogP contribution in [-0.4, -0.2) is 28.7 Å². The van der Waals surface area contributed by atoms with E-state index < -0.39 is 6.10 Å². The Bertz CT molecular complexity index is 32.1. The minimum atomic E-state index is -0.645. The monoisotopic (exact) mass is 310 g/mol. The smallest absolute Gasteiger partial charge is 0.0858 e. The Morgan fingerprint density at radius 2 is 2.00 bits per heavy atom. The van der Waals surface area contributed by atoms with Crippen molar-refractivity contribution in [3.63, 3.8) is 0 Å². The number of hydrogen-bond acceptors (Lipinski definition) is 3. The number of aliphatic hydroxyl groups is 2. The molecular formula is C3H8HgO2S. The second-order valence-corrected chi connectivity index (χ2v) is 1.38. The molecule has 1 unspecified atom stereocenters. The van der Waals surface area contributed by atoms with E-state index in [2.05, 4.69) is 12.6 Å². The Hall–Kier alpha value is 1.21. The van der Waals surface area contributed by atoms with Crippen LogP contribution in [0.2, 0.25) is 0 Å². The number of rotatable bonds is 2. The van der Waals surface area contributed by atoms with Gasteiger partial charge in [0.05, 0.1) is 12.7 Å². The zero-order chi connectivity index (χ0) is 4.99. The average molecular weight is 309 g/mol. The van der Waals surface area contributed by atoms with Gasteiger partial charge in [-0.1, -0.05) is 0 Å². The number of aliphatic hydroxyl groups excluding tert-OH is 2. The fourth-order valence-corrected chi connectivity index (χ4v) is 0.173. The first-order chi connectivity index (χ1) is 2.81. The van der Waals surface area contributed by atoms with Gasteiger partial charge in [0.25, 0.3) is 0 Å². The quantitative estimate of drug-likeness (QED) is 0.465. The van der Waals surface area contributed by atoms with Gasteiger partial charge in [-0.25, -0.2) is 0 Å². The van der Waals surface area contributed by atoms with Crippen LogP contribution in [0.3, 0.4) is 0 Å². The molecule has 0 rings (SSSR count). The van der Waals surface area contributed by atoms with E-state index in [1.54, 1.807) is 0 Å². The Morgan fingerprint density at radius 1 is 1.57 bits per heavy atom. The second kappa shape index (κ2) is 7.21. The molecule has 1 atom stereocenters. The molecule has 7 heavy (non-hydrogen) atoms. The summed E-state index contributed by atoms with van der Waals surface area (Å²) in [4.78, 5) is 0. The van der Waals surface area contributed by atoms with Crippen molar-refractivity contribution in [2.24, 2.45) is 0 Å². The van der Waals surface area contributed by atoms with E-state index in [-0.39, 0.29) is 34.3 Å². The van der Waals surface area contributed by atoms with Crippen molar-refractivity contribution in [1.29, 1.82) is 0 Å². The third-order valence-corrected chi connectivity index (χ3v) is 0.843. The molecule has 2 nitrogen and oxygen atoms in total. The first-order valence-corrected chi connectivity index (χ1v) is 2.34. The third kappa shape index (κ3) is 7.21.